The lowest BCUT2D eigenvalue weighted by Gasteiger charge is -2.32. The molecule has 2 aliphatic rings. The highest BCUT2D eigenvalue weighted by Gasteiger charge is 2.43. The third-order valence-electron chi connectivity index (χ3n) is 7.86. The summed E-state index contributed by atoms with van der Waals surface area (Å²) in [7, 11) is 0. The Morgan fingerprint density at radius 2 is 1.63 bits per heavy atom. The van der Waals surface area contributed by atoms with Gasteiger partial charge in [0, 0.05) is 36.2 Å². The van der Waals surface area contributed by atoms with Crippen LogP contribution in [0.3, 0.4) is 0 Å². The van der Waals surface area contributed by atoms with Gasteiger partial charge in [-0.25, -0.2) is 0 Å². The molecule has 5 rings (SSSR count). The summed E-state index contributed by atoms with van der Waals surface area (Å²) in [5.41, 5.74) is 9.55. The molecule has 38 heavy (non-hydrogen) atoms. The number of nitrogens with one attached hydrogen (secondary N) is 2. The summed E-state index contributed by atoms with van der Waals surface area (Å²) >= 11 is 0. The van der Waals surface area contributed by atoms with Crippen LogP contribution in [0.25, 0.3) is 10.9 Å². The van der Waals surface area contributed by atoms with Crippen molar-refractivity contribution in [2.24, 2.45) is 5.73 Å². The number of likely N-dealkylation sites (tertiary alicyclic amines) is 2. The lowest BCUT2D eigenvalue weighted by Crippen LogP contribution is -2.56. The van der Waals surface area contributed by atoms with E-state index in [4.69, 9.17) is 5.73 Å². The third kappa shape index (κ3) is 5.45. The molecule has 2 saturated heterocycles. The number of nitrogens with zero attached hydrogens (tertiary/aromatic N) is 2. The molecule has 8 heteroatoms. The van der Waals surface area contributed by atoms with Crippen LogP contribution in [0.15, 0.2) is 60.8 Å². The minimum atomic E-state index is -0.737. The molecule has 4 N–H and O–H groups in total. The van der Waals surface area contributed by atoms with Crippen molar-refractivity contribution >= 4 is 28.6 Å². The molecule has 2 fully saturated rings. The van der Waals surface area contributed by atoms with Crippen LogP contribution in [0.5, 0.6) is 0 Å². The standard InChI is InChI=1S/C30H37N5O3/c1-20(17-21-9-3-2-4-10-21)33-28(36)26-13-7-15-34(26)30(38)27-14-8-16-35(27)29(37)24(31)18-22-19-32-25-12-6-5-11-23(22)25/h2-6,9-12,19-20,24,26-27,32H,7-8,13-18,31H2,1H3,(H,33,36). The quantitative estimate of drug-likeness (QED) is 0.428. The number of hydrogen-bond donors (Lipinski definition) is 3. The molecule has 2 aromatic carbocycles. The van der Waals surface area contributed by atoms with E-state index in [1.54, 1.807) is 9.80 Å². The van der Waals surface area contributed by atoms with Crippen LogP contribution in [0, 0.1) is 0 Å². The maximum absolute atomic E-state index is 13.7. The molecule has 4 atom stereocenters. The summed E-state index contributed by atoms with van der Waals surface area (Å²) in [6, 6.07) is 16.1. The maximum atomic E-state index is 13.7. The highest BCUT2D eigenvalue weighted by molar-refractivity contribution is 5.94. The van der Waals surface area contributed by atoms with E-state index in [1.165, 1.54) is 0 Å². The molecular formula is C30H37N5O3. The minimum Gasteiger partial charge on any atom is -0.361 e. The van der Waals surface area contributed by atoms with E-state index in [0.717, 1.165) is 41.3 Å². The lowest BCUT2D eigenvalue weighted by atomic mass is 10.0. The van der Waals surface area contributed by atoms with Crippen LogP contribution >= 0.6 is 0 Å². The van der Waals surface area contributed by atoms with Gasteiger partial charge in [0.25, 0.3) is 0 Å². The second-order valence-electron chi connectivity index (χ2n) is 10.6. The van der Waals surface area contributed by atoms with Gasteiger partial charge in [-0.1, -0.05) is 48.5 Å². The first-order valence-electron chi connectivity index (χ1n) is 13.7. The number of H-pyrrole nitrogens is 1. The first-order chi connectivity index (χ1) is 18.4. The summed E-state index contributed by atoms with van der Waals surface area (Å²) in [4.78, 5) is 46.8. The first kappa shape index (κ1) is 26.0. The van der Waals surface area contributed by atoms with Gasteiger partial charge in [0.2, 0.25) is 17.7 Å². The van der Waals surface area contributed by atoms with Crippen LogP contribution in [0.2, 0.25) is 0 Å². The second kappa shape index (κ2) is 11.4. The molecule has 0 aliphatic carbocycles. The Kier molecular flexibility index (Phi) is 7.79. The molecule has 2 aliphatic heterocycles. The Morgan fingerprint density at radius 3 is 2.42 bits per heavy atom. The zero-order chi connectivity index (χ0) is 26.6. The molecule has 4 unspecified atom stereocenters. The second-order valence-corrected chi connectivity index (χ2v) is 10.6. The number of hydrogen-bond acceptors (Lipinski definition) is 4. The van der Waals surface area contributed by atoms with Crippen LogP contribution in [0.4, 0.5) is 0 Å². The Hall–Kier alpha value is -3.65. The highest BCUT2D eigenvalue weighted by atomic mass is 16.2. The predicted molar refractivity (Wildman–Crippen MR) is 147 cm³/mol. The number of para-hydroxylation sites is 1. The van der Waals surface area contributed by atoms with Gasteiger partial charge < -0.3 is 25.8 Å². The Balaban J connectivity index is 1.21. The van der Waals surface area contributed by atoms with Crippen LogP contribution in [-0.2, 0) is 27.2 Å². The van der Waals surface area contributed by atoms with E-state index in [-0.39, 0.29) is 23.8 Å². The molecule has 0 spiro atoms. The number of carbonyl (C=O) groups is 3. The van der Waals surface area contributed by atoms with Crippen molar-refractivity contribution in [2.75, 3.05) is 13.1 Å². The van der Waals surface area contributed by atoms with Crippen molar-refractivity contribution in [3.63, 3.8) is 0 Å². The molecular weight excluding hydrogens is 478 g/mol. The Morgan fingerprint density at radius 1 is 0.947 bits per heavy atom. The number of benzene rings is 2. The Labute approximate surface area is 223 Å². The monoisotopic (exact) mass is 515 g/mol. The van der Waals surface area contributed by atoms with Gasteiger partial charge in [-0.05, 0) is 62.6 Å². The molecule has 200 valence electrons. The molecule has 3 aromatic rings. The number of nitrogens with two attached hydrogens (primary N) is 1. The highest BCUT2D eigenvalue weighted by Crippen LogP contribution is 2.26. The molecule has 8 nitrogen and oxygen atoms in total. The molecule has 3 heterocycles. The average Bonchev–Trinajstić information content (AvgIpc) is 3.68. The van der Waals surface area contributed by atoms with Crippen molar-refractivity contribution < 1.29 is 14.4 Å². The normalized spacial score (nSPS) is 21.0. The van der Waals surface area contributed by atoms with Crippen LogP contribution in [0.1, 0.15) is 43.7 Å². The summed E-state index contributed by atoms with van der Waals surface area (Å²) < 4.78 is 0. The zero-order valence-corrected chi connectivity index (χ0v) is 21.9. The van der Waals surface area contributed by atoms with E-state index < -0.39 is 18.1 Å². The van der Waals surface area contributed by atoms with E-state index in [0.29, 0.717) is 32.4 Å². The van der Waals surface area contributed by atoms with E-state index in [2.05, 4.69) is 10.3 Å². The van der Waals surface area contributed by atoms with Gasteiger partial charge in [0.15, 0.2) is 0 Å². The number of amides is 3. The maximum Gasteiger partial charge on any atom is 0.246 e. The lowest BCUT2D eigenvalue weighted by molar-refractivity contribution is -0.147. The average molecular weight is 516 g/mol. The fraction of sp³-hybridized carbons (Fsp3) is 0.433. The van der Waals surface area contributed by atoms with E-state index in [9.17, 15) is 14.4 Å². The number of fused-ring (bicyclic) bond motifs is 1. The van der Waals surface area contributed by atoms with E-state index >= 15 is 0 Å². The fourth-order valence-corrected chi connectivity index (χ4v) is 5.98. The Bertz CT molecular complexity index is 1290. The van der Waals surface area contributed by atoms with Crippen molar-refractivity contribution in [3.8, 4) is 0 Å². The number of aromatic amines is 1. The zero-order valence-electron chi connectivity index (χ0n) is 21.9. The van der Waals surface area contributed by atoms with Crippen molar-refractivity contribution in [3.05, 3.63) is 71.9 Å². The van der Waals surface area contributed by atoms with Crippen LogP contribution in [-0.4, -0.2) is 69.8 Å². The van der Waals surface area contributed by atoms with Gasteiger partial charge in [0.05, 0.1) is 6.04 Å². The van der Waals surface area contributed by atoms with Gasteiger partial charge in [-0.15, -0.1) is 0 Å². The molecule has 0 radical (unpaired) electrons. The summed E-state index contributed by atoms with van der Waals surface area (Å²) in [5.74, 6) is -0.461. The third-order valence-corrected chi connectivity index (χ3v) is 7.86. The molecule has 3 amide bonds. The topological polar surface area (TPSA) is 112 Å². The smallest absolute Gasteiger partial charge is 0.246 e. The van der Waals surface area contributed by atoms with Crippen molar-refractivity contribution in [1.29, 1.82) is 0 Å². The number of aromatic nitrogens is 1. The van der Waals surface area contributed by atoms with Gasteiger partial charge in [0.1, 0.15) is 12.1 Å². The summed E-state index contributed by atoms with van der Waals surface area (Å²) in [6.07, 6.45) is 5.78. The number of rotatable bonds is 8. The van der Waals surface area contributed by atoms with E-state index in [1.807, 2.05) is 67.7 Å². The van der Waals surface area contributed by atoms with Crippen molar-refractivity contribution in [1.82, 2.24) is 20.1 Å². The molecule has 0 bridgehead atoms. The first-order valence-corrected chi connectivity index (χ1v) is 13.7. The van der Waals surface area contributed by atoms with Gasteiger partial charge in [-0.2, -0.15) is 0 Å². The largest absolute Gasteiger partial charge is 0.361 e. The fourth-order valence-electron chi connectivity index (χ4n) is 5.98. The van der Waals surface area contributed by atoms with Crippen molar-refractivity contribution in [2.45, 2.75) is 69.6 Å². The predicted octanol–water partition coefficient (Wildman–Crippen LogP) is 2.77. The number of carbonyl (C=O) groups excluding carboxylic acids is 3. The summed E-state index contributed by atoms with van der Waals surface area (Å²) in [6.45, 7) is 3.03. The molecule has 0 saturated carbocycles. The summed E-state index contributed by atoms with van der Waals surface area (Å²) in [5, 5.41) is 4.15. The van der Waals surface area contributed by atoms with Gasteiger partial charge in [-0.3, -0.25) is 14.4 Å². The van der Waals surface area contributed by atoms with Gasteiger partial charge >= 0.3 is 0 Å². The van der Waals surface area contributed by atoms with Crippen LogP contribution < -0.4 is 11.1 Å². The SMILES string of the molecule is CC(Cc1ccccc1)NC(=O)C1CCCN1C(=O)C1CCCN1C(=O)C(N)Cc1c[nH]c2ccccc12. The minimum absolute atomic E-state index is 0.0467. The molecule has 1 aromatic heterocycles.